The number of nitrogens with zero attached hydrogens (tertiary/aromatic N) is 1. The van der Waals surface area contributed by atoms with E-state index in [4.69, 9.17) is 18.9 Å². The third kappa shape index (κ3) is 5.28. The molecule has 2 aliphatic rings. The molecule has 0 spiro atoms. The maximum absolute atomic E-state index is 12.8. The van der Waals surface area contributed by atoms with Gasteiger partial charge in [0.15, 0.2) is 23.0 Å². The Hall–Kier alpha value is -3.66. The van der Waals surface area contributed by atoms with Crippen LogP contribution < -0.4 is 24.3 Å². The van der Waals surface area contributed by atoms with Gasteiger partial charge in [-0.3, -0.25) is 19.3 Å². The van der Waals surface area contributed by atoms with Crippen LogP contribution in [0.2, 0.25) is 0 Å². The van der Waals surface area contributed by atoms with Gasteiger partial charge in [-0.15, -0.1) is 0 Å². The monoisotopic (exact) mass is 484 g/mol. The summed E-state index contributed by atoms with van der Waals surface area (Å²) >= 11 is 0.782. The number of amides is 3. The molecule has 2 heterocycles. The summed E-state index contributed by atoms with van der Waals surface area (Å²) in [6.07, 6.45) is 1.57. The first kappa shape index (κ1) is 23.5. The Morgan fingerprint density at radius 3 is 2.62 bits per heavy atom. The molecule has 0 aliphatic carbocycles. The van der Waals surface area contributed by atoms with Gasteiger partial charge in [0.25, 0.3) is 11.1 Å². The van der Waals surface area contributed by atoms with Gasteiger partial charge in [-0.2, -0.15) is 0 Å². The van der Waals surface area contributed by atoms with Crippen LogP contribution in [0.1, 0.15) is 19.4 Å². The largest absolute Gasteiger partial charge is 0.493 e. The molecule has 3 amide bonds. The average molecular weight is 485 g/mol. The fourth-order valence-corrected chi connectivity index (χ4v) is 4.22. The van der Waals surface area contributed by atoms with E-state index in [-0.39, 0.29) is 11.0 Å². The topological polar surface area (TPSA) is 103 Å². The van der Waals surface area contributed by atoms with Crippen LogP contribution in [0.3, 0.4) is 0 Å². The Morgan fingerprint density at radius 2 is 1.88 bits per heavy atom. The van der Waals surface area contributed by atoms with E-state index in [2.05, 4.69) is 5.32 Å². The van der Waals surface area contributed by atoms with Crippen LogP contribution in [-0.2, 0) is 9.59 Å². The van der Waals surface area contributed by atoms with Gasteiger partial charge in [0.2, 0.25) is 5.91 Å². The summed E-state index contributed by atoms with van der Waals surface area (Å²) in [6.45, 7) is 4.31. The number of imide groups is 1. The van der Waals surface area contributed by atoms with Crippen LogP contribution >= 0.6 is 11.8 Å². The van der Waals surface area contributed by atoms with Crippen LogP contribution in [0.15, 0.2) is 41.3 Å². The van der Waals surface area contributed by atoms with Crippen molar-refractivity contribution in [3.63, 3.8) is 0 Å². The first-order chi connectivity index (χ1) is 16.3. The van der Waals surface area contributed by atoms with E-state index >= 15 is 0 Å². The first-order valence-corrected chi connectivity index (χ1v) is 11.5. The minimum absolute atomic E-state index is 0.0236. The highest BCUT2D eigenvalue weighted by Gasteiger charge is 2.36. The Bertz CT molecular complexity index is 1160. The quantitative estimate of drug-likeness (QED) is 0.590. The van der Waals surface area contributed by atoms with Crippen LogP contribution in [0.25, 0.3) is 6.08 Å². The summed E-state index contributed by atoms with van der Waals surface area (Å²) < 4.78 is 22.0. The summed E-state index contributed by atoms with van der Waals surface area (Å²) in [5, 5.41) is 2.17. The molecule has 2 aromatic rings. The molecule has 34 heavy (non-hydrogen) atoms. The number of rotatable bonds is 7. The lowest BCUT2D eigenvalue weighted by Crippen LogP contribution is -2.36. The lowest BCUT2D eigenvalue weighted by atomic mass is 10.2. The molecule has 9 nitrogen and oxygen atoms in total. The highest BCUT2D eigenvalue weighted by atomic mass is 32.2. The summed E-state index contributed by atoms with van der Waals surface area (Å²) in [7, 11) is 1.53. The van der Waals surface area contributed by atoms with Gasteiger partial charge in [-0.05, 0) is 61.5 Å². The zero-order valence-corrected chi connectivity index (χ0v) is 19.8. The smallest absolute Gasteiger partial charge is 0.294 e. The van der Waals surface area contributed by atoms with Crippen molar-refractivity contribution in [3.05, 3.63) is 46.9 Å². The van der Waals surface area contributed by atoms with Crippen molar-refractivity contribution in [1.82, 2.24) is 4.90 Å². The summed E-state index contributed by atoms with van der Waals surface area (Å²) in [4.78, 5) is 38.9. The third-order valence-corrected chi connectivity index (χ3v) is 5.76. The molecule has 178 valence electrons. The van der Waals surface area contributed by atoms with Crippen LogP contribution in [-0.4, -0.2) is 54.9 Å². The van der Waals surface area contributed by atoms with Gasteiger partial charge in [0, 0.05) is 11.8 Å². The second-order valence-corrected chi connectivity index (χ2v) is 8.74. The molecule has 1 saturated heterocycles. The van der Waals surface area contributed by atoms with Crippen LogP contribution in [0.5, 0.6) is 23.0 Å². The van der Waals surface area contributed by atoms with Crippen molar-refractivity contribution in [2.24, 2.45) is 0 Å². The number of benzene rings is 2. The van der Waals surface area contributed by atoms with Gasteiger partial charge in [0.1, 0.15) is 19.8 Å². The van der Waals surface area contributed by atoms with Crippen LogP contribution in [0.4, 0.5) is 10.5 Å². The molecular formula is C24H24N2O7S. The molecular weight excluding hydrogens is 460 g/mol. The average Bonchev–Trinajstić information content (AvgIpc) is 3.06. The summed E-state index contributed by atoms with van der Waals surface area (Å²) in [5.41, 5.74) is 1.15. The van der Waals surface area contributed by atoms with Crippen molar-refractivity contribution < 1.29 is 33.3 Å². The van der Waals surface area contributed by atoms with Crippen molar-refractivity contribution in [1.29, 1.82) is 0 Å². The predicted octanol–water partition coefficient (Wildman–Crippen LogP) is 3.93. The Morgan fingerprint density at radius 1 is 1.12 bits per heavy atom. The van der Waals surface area contributed by atoms with Gasteiger partial charge in [-0.25, -0.2) is 0 Å². The number of fused-ring (bicyclic) bond motifs is 1. The van der Waals surface area contributed by atoms with Crippen molar-refractivity contribution in [2.75, 3.05) is 32.2 Å². The number of thioether (sulfide) groups is 1. The molecule has 0 bridgehead atoms. The molecule has 4 rings (SSSR count). The molecule has 0 saturated carbocycles. The van der Waals surface area contributed by atoms with Gasteiger partial charge < -0.3 is 24.3 Å². The summed E-state index contributed by atoms with van der Waals surface area (Å²) in [5.74, 6) is 1.18. The van der Waals surface area contributed by atoms with Gasteiger partial charge >= 0.3 is 0 Å². The number of ether oxygens (including phenoxy) is 4. The fraction of sp³-hybridized carbons (Fsp3) is 0.292. The number of carbonyl (C=O) groups excluding carboxylic acids is 3. The van der Waals surface area contributed by atoms with E-state index in [0.717, 1.165) is 16.7 Å². The molecule has 0 radical (unpaired) electrons. The standard InChI is InChI=1S/C24H24N2O7S/c1-14(2)33-18-6-4-15(10-19(18)30-3)11-21-23(28)26(24(29)34-21)13-22(27)25-16-5-7-17-20(12-16)32-9-8-31-17/h4-7,10-12,14H,8-9,13H2,1-3H3,(H,25,27)/b21-11-. The number of nitrogens with one attached hydrogen (secondary N) is 1. The van der Waals surface area contributed by atoms with E-state index in [0.29, 0.717) is 47.5 Å². The fourth-order valence-electron chi connectivity index (χ4n) is 3.38. The molecule has 0 atom stereocenters. The highest BCUT2D eigenvalue weighted by molar-refractivity contribution is 8.18. The van der Waals surface area contributed by atoms with Gasteiger partial charge in [0.05, 0.1) is 18.1 Å². The number of hydrogen-bond acceptors (Lipinski definition) is 8. The number of anilines is 1. The Labute approximate surface area is 201 Å². The third-order valence-electron chi connectivity index (χ3n) is 4.85. The second kappa shape index (κ2) is 10.1. The SMILES string of the molecule is COc1cc(/C=C2\SC(=O)N(CC(=O)Nc3ccc4c(c3)OCCO4)C2=O)ccc1OC(C)C. The Balaban J connectivity index is 1.43. The molecule has 0 unspecified atom stereocenters. The molecule has 2 aliphatic heterocycles. The van der Waals surface area contributed by atoms with E-state index < -0.39 is 23.6 Å². The van der Waals surface area contributed by atoms with E-state index in [1.54, 1.807) is 42.5 Å². The van der Waals surface area contributed by atoms with Gasteiger partial charge in [-0.1, -0.05) is 6.07 Å². The van der Waals surface area contributed by atoms with Crippen molar-refractivity contribution >= 4 is 40.6 Å². The maximum Gasteiger partial charge on any atom is 0.294 e. The molecule has 1 N–H and O–H groups in total. The molecule has 0 aromatic heterocycles. The molecule has 10 heteroatoms. The first-order valence-electron chi connectivity index (χ1n) is 10.6. The normalized spacial score (nSPS) is 16.2. The number of carbonyl (C=O) groups is 3. The van der Waals surface area contributed by atoms with E-state index in [1.165, 1.54) is 7.11 Å². The predicted molar refractivity (Wildman–Crippen MR) is 127 cm³/mol. The zero-order chi connectivity index (χ0) is 24.2. The highest BCUT2D eigenvalue weighted by Crippen LogP contribution is 2.35. The van der Waals surface area contributed by atoms with E-state index in [9.17, 15) is 14.4 Å². The van der Waals surface area contributed by atoms with Crippen molar-refractivity contribution in [3.8, 4) is 23.0 Å². The molecule has 1 fully saturated rings. The Kier molecular flexibility index (Phi) is 6.97. The maximum atomic E-state index is 12.8. The molecule has 2 aromatic carbocycles. The minimum Gasteiger partial charge on any atom is -0.493 e. The summed E-state index contributed by atoms with van der Waals surface area (Å²) in [6, 6.07) is 10.2. The van der Waals surface area contributed by atoms with Crippen LogP contribution in [0, 0.1) is 0 Å². The second-order valence-electron chi connectivity index (χ2n) is 7.75. The zero-order valence-electron chi connectivity index (χ0n) is 19.0. The van der Waals surface area contributed by atoms with E-state index in [1.807, 2.05) is 13.8 Å². The lowest BCUT2D eigenvalue weighted by molar-refractivity contribution is -0.127. The lowest BCUT2D eigenvalue weighted by Gasteiger charge is -2.19. The van der Waals surface area contributed by atoms with Crippen molar-refractivity contribution in [2.45, 2.75) is 20.0 Å². The number of hydrogen-bond donors (Lipinski definition) is 1. The number of methoxy groups -OCH3 is 1. The minimum atomic E-state index is -0.534.